The second kappa shape index (κ2) is 6.97. The zero-order valence-electron chi connectivity index (χ0n) is 14.1. The number of rotatable bonds is 4. The number of amidine groups is 1. The van der Waals surface area contributed by atoms with Crippen LogP contribution in [0.5, 0.6) is 5.75 Å². The fourth-order valence-corrected chi connectivity index (χ4v) is 4.05. The number of nitrogens with zero attached hydrogens (tertiary/aromatic N) is 2. The molecule has 0 spiro atoms. The molecule has 7 nitrogen and oxygen atoms in total. The van der Waals surface area contributed by atoms with Crippen molar-refractivity contribution in [1.82, 2.24) is 4.90 Å². The van der Waals surface area contributed by atoms with Crippen LogP contribution in [0.1, 0.15) is 5.56 Å². The molecule has 0 aliphatic carbocycles. The summed E-state index contributed by atoms with van der Waals surface area (Å²) in [5.41, 5.74) is 0.905. The Morgan fingerprint density at radius 3 is 2.73 bits per heavy atom. The van der Waals surface area contributed by atoms with Gasteiger partial charge in [-0.1, -0.05) is 23.7 Å². The van der Waals surface area contributed by atoms with Crippen molar-refractivity contribution in [2.45, 2.75) is 4.90 Å². The smallest absolute Gasteiger partial charge is 0.285 e. The number of sulfonamides is 1. The first-order valence-electron chi connectivity index (χ1n) is 7.61. The Labute approximate surface area is 156 Å². The molecule has 0 atom stereocenters. The van der Waals surface area contributed by atoms with Gasteiger partial charge in [0.2, 0.25) is 5.91 Å². The fourth-order valence-electron chi connectivity index (χ4n) is 2.62. The van der Waals surface area contributed by atoms with Crippen LogP contribution in [-0.4, -0.2) is 45.8 Å². The van der Waals surface area contributed by atoms with E-state index in [2.05, 4.69) is 9.71 Å². The average Bonchev–Trinajstić information content (AvgIpc) is 2.87. The van der Waals surface area contributed by atoms with Crippen molar-refractivity contribution >= 4 is 39.1 Å². The molecule has 136 valence electrons. The molecule has 0 radical (unpaired) electrons. The number of likely N-dealkylation sites (N-methyl/N-ethyl adjacent to an activating group) is 1. The fraction of sp³-hybridized carbons (Fsp3) is 0.176. The van der Waals surface area contributed by atoms with E-state index in [1.54, 1.807) is 43.4 Å². The molecule has 26 heavy (non-hydrogen) atoms. The summed E-state index contributed by atoms with van der Waals surface area (Å²) >= 11 is 5.95. The van der Waals surface area contributed by atoms with Crippen molar-refractivity contribution < 1.29 is 17.9 Å². The molecule has 0 fully saturated rings. The highest BCUT2D eigenvalue weighted by atomic mass is 35.5. The van der Waals surface area contributed by atoms with Crippen molar-refractivity contribution in [2.24, 2.45) is 4.40 Å². The first-order chi connectivity index (χ1) is 12.3. The molecule has 0 aromatic heterocycles. The van der Waals surface area contributed by atoms with Crippen molar-refractivity contribution in [1.29, 1.82) is 0 Å². The van der Waals surface area contributed by atoms with Gasteiger partial charge in [-0.15, -0.1) is 4.40 Å². The number of anilines is 1. The Morgan fingerprint density at radius 1 is 1.27 bits per heavy atom. The molecule has 1 aliphatic heterocycles. The molecule has 3 rings (SSSR count). The molecule has 0 bridgehead atoms. The largest absolute Gasteiger partial charge is 0.495 e. The molecule has 2 aromatic carbocycles. The predicted molar refractivity (Wildman–Crippen MR) is 99.4 cm³/mol. The number of carbonyl (C=O) groups is 1. The lowest BCUT2D eigenvalue weighted by atomic mass is 10.2. The second-order valence-electron chi connectivity index (χ2n) is 5.63. The molecule has 0 saturated heterocycles. The first kappa shape index (κ1) is 18.2. The number of amides is 1. The molecular formula is C17H16ClN3O4S. The summed E-state index contributed by atoms with van der Waals surface area (Å²) < 4.78 is 33.2. The van der Waals surface area contributed by atoms with Gasteiger partial charge in [0.1, 0.15) is 10.6 Å². The lowest BCUT2D eigenvalue weighted by Gasteiger charge is -2.19. The van der Waals surface area contributed by atoms with Crippen molar-refractivity contribution in [3.63, 3.8) is 0 Å². The Morgan fingerprint density at radius 2 is 2.00 bits per heavy atom. The van der Waals surface area contributed by atoms with E-state index >= 15 is 0 Å². The van der Waals surface area contributed by atoms with Crippen LogP contribution in [0, 0.1) is 0 Å². The Bertz CT molecular complexity index is 1000. The quantitative estimate of drug-likeness (QED) is 0.861. The van der Waals surface area contributed by atoms with Crippen LogP contribution >= 0.6 is 11.6 Å². The van der Waals surface area contributed by atoms with Gasteiger partial charge in [0, 0.05) is 17.6 Å². The number of ether oxygens (including phenoxy) is 1. The van der Waals surface area contributed by atoms with E-state index in [1.807, 2.05) is 0 Å². The van der Waals surface area contributed by atoms with Crippen LogP contribution in [0.3, 0.4) is 0 Å². The number of halogens is 1. The minimum Gasteiger partial charge on any atom is -0.495 e. The molecule has 1 heterocycles. The summed E-state index contributed by atoms with van der Waals surface area (Å²) in [6.07, 6.45) is 0. The van der Waals surface area contributed by atoms with E-state index < -0.39 is 10.0 Å². The van der Waals surface area contributed by atoms with E-state index in [-0.39, 0.29) is 23.2 Å². The maximum Gasteiger partial charge on any atom is 0.285 e. The summed E-state index contributed by atoms with van der Waals surface area (Å²) in [6, 6.07) is 11.4. The van der Waals surface area contributed by atoms with E-state index in [0.717, 1.165) is 0 Å². The van der Waals surface area contributed by atoms with Gasteiger partial charge in [0.15, 0.2) is 5.84 Å². The summed E-state index contributed by atoms with van der Waals surface area (Å²) in [6.45, 7) is -0.0989. The third-order valence-electron chi connectivity index (χ3n) is 3.79. The summed E-state index contributed by atoms with van der Waals surface area (Å²) in [5, 5.41) is 3.16. The first-order valence-corrected chi connectivity index (χ1v) is 9.42. The summed E-state index contributed by atoms with van der Waals surface area (Å²) in [7, 11) is -0.645. The predicted octanol–water partition coefficient (Wildman–Crippen LogP) is 2.37. The third-order valence-corrected chi connectivity index (χ3v) is 5.35. The Kier molecular flexibility index (Phi) is 4.88. The van der Waals surface area contributed by atoms with Crippen molar-refractivity contribution in [3.05, 3.63) is 53.1 Å². The monoisotopic (exact) mass is 393 g/mol. The van der Waals surface area contributed by atoms with E-state index in [9.17, 15) is 13.2 Å². The van der Waals surface area contributed by atoms with Gasteiger partial charge in [-0.3, -0.25) is 4.79 Å². The Hall–Kier alpha value is -2.58. The highest BCUT2D eigenvalue weighted by Crippen LogP contribution is 2.28. The van der Waals surface area contributed by atoms with Gasteiger partial charge in [0.25, 0.3) is 10.0 Å². The van der Waals surface area contributed by atoms with Crippen molar-refractivity contribution in [2.75, 3.05) is 26.0 Å². The molecule has 9 heteroatoms. The van der Waals surface area contributed by atoms with Gasteiger partial charge in [-0.25, -0.2) is 0 Å². The molecule has 1 aliphatic rings. The van der Waals surface area contributed by atoms with Gasteiger partial charge >= 0.3 is 0 Å². The zero-order chi connectivity index (χ0) is 18.9. The third kappa shape index (κ3) is 3.51. The summed E-state index contributed by atoms with van der Waals surface area (Å²) in [5.74, 6) is 0.336. The topological polar surface area (TPSA) is 88.1 Å². The number of carbonyl (C=O) groups excluding carboxylic acids is 1. The molecule has 1 amide bonds. The van der Waals surface area contributed by atoms with Crippen LogP contribution in [0.15, 0.2) is 51.8 Å². The number of nitrogens with one attached hydrogen (secondary N) is 1. The molecule has 0 unspecified atom stereocenters. The van der Waals surface area contributed by atoms with Crippen molar-refractivity contribution in [3.8, 4) is 5.75 Å². The maximum absolute atomic E-state index is 12.4. The van der Waals surface area contributed by atoms with E-state index in [4.69, 9.17) is 16.3 Å². The van der Waals surface area contributed by atoms with Gasteiger partial charge in [-0.05, 0) is 30.3 Å². The lowest BCUT2D eigenvalue weighted by Crippen LogP contribution is -2.34. The minimum atomic E-state index is -3.73. The Balaban J connectivity index is 1.78. The minimum absolute atomic E-state index is 0.0989. The molecule has 2 aromatic rings. The van der Waals surface area contributed by atoms with Crippen LogP contribution in [-0.2, 0) is 14.8 Å². The highest BCUT2D eigenvalue weighted by Gasteiger charge is 2.30. The lowest BCUT2D eigenvalue weighted by molar-refractivity contribution is -0.116. The zero-order valence-corrected chi connectivity index (χ0v) is 15.6. The number of methoxy groups -OCH3 is 1. The van der Waals surface area contributed by atoms with Crippen LogP contribution < -0.4 is 10.1 Å². The van der Waals surface area contributed by atoms with E-state index in [1.165, 1.54) is 18.1 Å². The van der Waals surface area contributed by atoms with Gasteiger partial charge in [0.05, 0.1) is 19.3 Å². The average molecular weight is 394 g/mol. The van der Waals surface area contributed by atoms with E-state index in [0.29, 0.717) is 22.0 Å². The second-order valence-corrected chi connectivity index (χ2v) is 7.64. The SMILES string of the molecule is COc1ccc(Cl)cc1NC(=O)CN(C)C1=NS(=O)(=O)c2ccccc21. The van der Waals surface area contributed by atoms with Crippen LogP contribution in [0.2, 0.25) is 5.02 Å². The normalized spacial score (nSPS) is 14.3. The summed E-state index contributed by atoms with van der Waals surface area (Å²) in [4.78, 5) is 14.0. The van der Waals surface area contributed by atoms with Crippen LogP contribution in [0.25, 0.3) is 0 Å². The molecule has 0 saturated carbocycles. The molecular weight excluding hydrogens is 378 g/mol. The number of benzene rings is 2. The number of hydrogen-bond donors (Lipinski definition) is 1. The van der Waals surface area contributed by atoms with Crippen LogP contribution in [0.4, 0.5) is 5.69 Å². The maximum atomic E-state index is 12.4. The number of fused-ring (bicyclic) bond motifs is 1. The standard InChI is InChI=1S/C17H16ClN3O4S/c1-21(17-12-5-3-4-6-15(12)26(23,24)20-17)10-16(22)19-13-9-11(18)7-8-14(13)25-2/h3-9H,10H2,1-2H3,(H,19,22). The van der Waals surface area contributed by atoms with Gasteiger partial charge in [-0.2, -0.15) is 8.42 Å². The molecule has 1 N–H and O–H groups in total. The highest BCUT2D eigenvalue weighted by molar-refractivity contribution is 7.90. The van der Waals surface area contributed by atoms with Gasteiger partial charge < -0.3 is 15.0 Å². The number of hydrogen-bond acceptors (Lipinski definition) is 5.